The van der Waals surface area contributed by atoms with Crippen LogP contribution in [0.3, 0.4) is 0 Å². The number of hydrogen-bond donors (Lipinski definition) is 1. The largest absolute Gasteiger partial charge is 0.348 e. The molecule has 0 heterocycles. The smallest absolute Gasteiger partial charge is 0.243 e. The first-order valence-electron chi connectivity index (χ1n) is 11.1. The number of nitrogens with zero attached hydrogens (tertiary/aromatic N) is 1. The van der Waals surface area contributed by atoms with Crippen molar-refractivity contribution < 1.29 is 13.2 Å². The Morgan fingerprint density at radius 3 is 2.53 bits per heavy atom. The summed E-state index contributed by atoms with van der Waals surface area (Å²) in [5.41, 5.74) is 3.82. The Kier molecular flexibility index (Phi) is 7.63. The Hall–Kier alpha value is -2.38. The van der Waals surface area contributed by atoms with Crippen LogP contribution in [0.1, 0.15) is 41.1 Å². The van der Waals surface area contributed by atoms with Crippen LogP contribution in [0.15, 0.2) is 71.6 Å². The summed E-state index contributed by atoms with van der Waals surface area (Å²) in [5, 5.41) is 3.85. The molecule has 0 aromatic heterocycles. The summed E-state index contributed by atoms with van der Waals surface area (Å²) in [6.45, 7) is 1.51. The fraction of sp³-hybridized carbons (Fsp3) is 0.269. The third-order valence-electron chi connectivity index (χ3n) is 6.05. The third-order valence-corrected chi connectivity index (χ3v) is 8.44. The lowest BCUT2D eigenvalue weighted by molar-refractivity contribution is -0.122. The average molecular weight is 517 g/mol. The van der Waals surface area contributed by atoms with Crippen molar-refractivity contribution in [3.63, 3.8) is 0 Å². The first kappa shape index (κ1) is 24.7. The predicted octanol–water partition coefficient (Wildman–Crippen LogP) is 5.69. The van der Waals surface area contributed by atoms with E-state index < -0.39 is 10.0 Å². The second-order valence-electron chi connectivity index (χ2n) is 8.53. The normalized spacial score (nSPS) is 15.7. The van der Waals surface area contributed by atoms with Gasteiger partial charge in [-0.05, 0) is 67.1 Å². The summed E-state index contributed by atoms with van der Waals surface area (Å²) >= 11 is 12.3. The monoisotopic (exact) mass is 516 g/mol. The standard InChI is InChI=1S/C26H26Cl2N2O3S/c1-18-9-13-22(14-10-18)34(32,33)30(16-20-11-12-21(27)15-24(20)28)17-26(31)29-25-8-4-6-19-5-2-3-7-23(19)25/h2-3,5,7,9-15,25H,4,6,8,16-17H2,1H3,(H,29,31)/t25-/m0/s1. The minimum atomic E-state index is -3.96. The molecule has 0 radical (unpaired) electrons. The molecule has 1 atom stereocenters. The fourth-order valence-corrected chi connectivity index (χ4v) is 6.07. The number of hydrogen-bond acceptors (Lipinski definition) is 3. The van der Waals surface area contributed by atoms with Gasteiger partial charge >= 0.3 is 0 Å². The van der Waals surface area contributed by atoms with Gasteiger partial charge in [-0.2, -0.15) is 4.31 Å². The van der Waals surface area contributed by atoms with Gasteiger partial charge in [0.05, 0.1) is 17.5 Å². The maximum absolute atomic E-state index is 13.5. The summed E-state index contributed by atoms with van der Waals surface area (Å²) in [4.78, 5) is 13.2. The van der Waals surface area contributed by atoms with Crippen LogP contribution in [-0.4, -0.2) is 25.2 Å². The zero-order valence-corrected chi connectivity index (χ0v) is 21.1. The van der Waals surface area contributed by atoms with Crippen LogP contribution in [0.2, 0.25) is 10.0 Å². The van der Waals surface area contributed by atoms with E-state index in [1.165, 1.54) is 5.56 Å². The van der Waals surface area contributed by atoms with E-state index in [9.17, 15) is 13.2 Å². The van der Waals surface area contributed by atoms with Crippen molar-refractivity contribution in [1.29, 1.82) is 0 Å². The molecule has 1 amide bonds. The van der Waals surface area contributed by atoms with Crippen molar-refractivity contribution in [3.8, 4) is 0 Å². The summed E-state index contributed by atoms with van der Waals surface area (Å²) in [5.74, 6) is -0.359. The molecule has 0 bridgehead atoms. The minimum Gasteiger partial charge on any atom is -0.348 e. The number of fused-ring (bicyclic) bond motifs is 1. The molecule has 0 saturated heterocycles. The van der Waals surface area contributed by atoms with Gasteiger partial charge in [-0.15, -0.1) is 0 Å². The molecular formula is C26H26Cl2N2O3S. The van der Waals surface area contributed by atoms with Crippen LogP contribution < -0.4 is 5.32 Å². The quantitative estimate of drug-likeness (QED) is 0.438. The lowest BCUT2D eigenvalue weighted by Crippen LogP contribution is -2.42. The van der Waals surface area contributed by atoms with E-state index in [4.69, 9.17) is 23.2 Å². The number of benzene rings is 3. The SMILES string of the molecule is Cc1ccc(S(=O)(=O)N(CC(=O)N[C@H]2CCCc3ccccc32)Cc2ccc(Cl)cc2Cl)cc1. The Bertz CT molecular complexity index is 1290. The van der Waals surface area contributed by atoms with Crippen molar-refractivity contribution in [2.75, 3.05) is 6.54 Å². The highest BCUT2D eigenvalue weighted by atomic mass is 35.5. The maximum atomic E-state index is 13.5. The maximum Gasteiger partial charge on any atom is 0.243 e. The van der Waals surface area contributed by atoms with E-state index in [2.05, 4.69) is 11.4 Å². The van der Waals surface area contributed by atoms with E-state index in [0.717, 1.165) is 34.7 Å². The molecule has 4 rings (SSSR count). The van der Waals surface area contributed by atoms with Crippen molar-refractivity contribution in [3.05, 3.63) is 99.0 Å². The summed E-state index contributed by atoms with van der Waals surface area (Å²) < 4.78 is 28.2. The predicted molar refractivity (Wildman–Crippen MR) is 136 cm³/mol. The second-order valence-corrected chi connectivity index (χ2v) is 11.3. The van der Waals surface area contributed by atoms with Crippen LogP contribution in [0.5, 0.6) is 0 Å². The molecule has 0 unspecified atom stereocenters. The van der Waals surface area contributed by atoms with E-state index in [-0.39, 0.29) is 29.9 Å². The minimum absolute atomic E-state index is 0.0547. The van der Waals surface area contributed by atoms with Gasteiger partial charge in [-0.3, -0.25) is 4.79 Å². The van der Waals surface area contributed by atoms with E-state index >= 15 is 0 Å². The number of halogens is 2. The van der Waals surface area contributed by atoms with Gasteiger partial charge in [0.1, 0.15) is 0 Å². The van der Waals surface area contributed by atoms with Crippen LogP contribution >= 0.6 is 23.2 Å². The van der Waals surface area contributed by atoms with Gasteiger partial charge in [0.2, 0.25) is 15.9 Å². The molecule has 5 nitrogen and oxygen atoms in total. The Labute approximate surface area is 210 Å². The number of carbonyl (C=O) groups excluding carboxylic acids is 1. The molecule has 3 aromatic carbocycles. The van der Waals surface area contributed by atoms with Gasteiger partial charge in [0.25, 0.3) is 0 Å². The molecular weight excluding hydrogens is 491 g/mol. The fourth-order valence-electron chi connectivity index (χ4n) is 4.23. The van der Waals surface area contributed by atoms with E-state index in [1.54, 1.807) is 42.5 Å². The molecule has 1 aliphatic rings. The van der Waals surface area contributed by atoms with Gasteiger partial charge in [-0.1, -0.05) is 71.2 Å². The van der Waals surface area contributed by atoms with Crippen LogP contribution in [-0.2, 0) is 27.8 Å². The molecule has 0 aliphatic heterocycles. The second kappa shape index (κ2) is 10.5. The lowest BCUT2D eigenvalue weighted by Gasteiger charge is -2.28. The topological polar surface area (TPSA) is 66.5 Å². The molecule has 34 heavy (non-hydrogen) atoms. The van der Waals surface area contributed by atoms with Crippen LogP contribution in [0.4, 0.5) is 0 Å². The molecule has 0 saturated carbocycles. The van der Waals surface area contributed by atoms with Crippen LogP contribution in [0.25, 0.3) is 0 Å². The number of amides is 1. The lowest BCUT2D eigenvalue weighted by atomic mass is 9.88. The Balaban J connectivity index is 1.60. The van der Waals surface area contributed by atoms with Gasteiger partial charge in [0.15, 0.2) is 0 Å². The number of aryl methyl sites for hydroxylation is 2. The third kappa shape index (κ3) is 5.63. The van der Waals surface area contributed by atoms with Crippen molar-refractivity contribution in [2.45, 2.75) is 43.7 Å². The highest BCUT2D eigenvalue weighted by molar-refractivity contribution is 7.89. The Morgan fingerprint density at radius 2 is 1.79 bits per heavy atom. The summed E-state index contributed by atoms with van der Waals surface area (Å²) in [7, 11) is -3.96. The van der Waals surface area contributed by atoms with E-state index in [1.807, 2.05) is 25.1 Å². The molecule has 8 heteroatoms. The molecule has 0 fully saturated rings. The average Bonchev–Trinajstić information content (AvgIpc) is 2.81. The molecule has 1 aliphatic carbocycles. The van der Waals surface area contributed by atoms with Crippen LogP contribution in [0, 0.1) is 6.92 Å². The number of rotatable bonds is 7. The first-order chi connectivity index (χ1) is 16.2. The summed E-state index contributed by atoms with van der Waals surface area (Å²) in [6.07, 6.45) is 2.76. The number of nitrogens with one attached hydrogen (secondary N) is 1. The highest BCUT2D eigenvalue weighted by Gasteiger charge is 2.29. The number of sulfonamides is 1. The van der Waals surface area contributed by atoms with Gasteiger partial charge in [-0.25, -0.2) is 8.42 Å². The van der Waals surface area contributed by atoms with E-state index in [0.29, 0.717) is 15.6 Å². The van der Waals surface area contributed by atoms with Gasteiger partial charge in [0, 0.05) is 16.6 Å². The highest BCUT2D eigenvalue weighted by Crippen LogP contribution is 2.30. The number of carbonyl (C=O) groups is 1. The zero-order valence-electron chi connectivity index (χ0n) is 18.8. The first-order valence-corrected chi connectivity index (χ1v) is 13.3. The van der Waals surface area contributed by atoms with Crippen molar-refractivity contribution >= 4 is 39.1 Å². The summed E-state index contributed by atoms with van der Waals surface area (Å²) in [6, 6.07) is 19.4. The molecule has 3 aromatic rings. The molecule has 1 N–H and O–H groups in total. The zero-order chi connectivity index (χ0) is 24.3. The van der Waals surface area contributed by atoms with Crippen molar-refractivity contribution in [1.82, 2.24) is 9.62 Å². The van der Waals surface area contributed by atoms with Crippen molar-refractivity contribution in [2.24, 2.45) is 0 Å². The molecule has 178 valence electrons. The Morgan fingerprint density at radius 1 is 1.06 bits per heavy atom. The van der Waals surface area contributed by atoms with Gasteiger partial charge < -0.3 is 5.32 Å². The molecule has 0 spiro atoms.